The molecule has 0 aromatic heterocycles. The van der Waals surface area contributed by atoms with Crippen LogP contribution >= 0.6 is 0 Å². The summed E-state index contributed by atoms with van der Waals surface area (Å²) in [4.78, 5) is 21.6. The van der Waals surface area contributed by atoms with Crippen LogP contribution in [-0.4, -0.2) is 35.1 Å². The molecule has 19 heavy (non-hydrogen) atoms. The van der Waals surface area contributed by atoms with Gasteiger partial charge >= 0.3 is 0 Å². The van der Waals surface area contributed by atoms with Crippen molar-refractivity contribution in [2.45, 2.75) is 26.1 Å². The third-order valence-corrected chi connectivity index (χ3v) is 2.79. The van der Waals surface area contributed by atoms with E-state index in [0.29, 0.717) is 11.8 Å². The van der Waals surface area contributed by atoms with Gasteiger partial charge in [-0.2, -0.15) is 0 Å². The van der Waals surface area contributed by atoms with Gasteiger partial charge in [-0.3, -0.25) is 9.59 Å². The van der Waals surface area contributed by atoms with E-state index in [1.54, 1.807) is 6.92 Å². The largest absolute Gasteiger partial charge is 0.388 e. The number of aliphatic hydroxyl groups is 2. The third kappa shape index (κ3) is 3.59. The van der Waals surface area contributed by atoms with Crippen LogP contribution in [0.1, 0.15) is 34.5 Å². The number of halogens is 1. The zero-order chi connectivity index (χ0) is 14.6. The van der Waals surface area contributed by atoms with Gasteiger partial charge in [0.05, 0.1) is 5.56 Å². The molecule has 0 aliphatic rings. The van der Waals surface area contributed by atoms with Crippen LogP contribution in [0, 0.1) is 12.7 Å². The van der Waals surface area contributed by atoms with Crippen molar-refractivity contribution in [3.63, 3.8) is 0 Å². The lowest BCUT2D eigenvalue weighted by molar-refractivity contribution is -0.119. The van der Waals surface area contributed by atoms with Crippen molar-refractivity contribution in [3.05, 3.63) is 34.6 Å². The van der Waals surface area contributed by atoms with Crippen LogP contribution in [0.2, 0.25) is 0 Å². The summed E-state index contributed by atoms with van der Waals surface area (Å²) in [6.07, 6.45) is -2.49. The van der Waals surface area contributed by atoms with Crippen molar-refractivity contribution in [1.29, 1.82) is 0 Å². The molecule has 0 radical (unpaired) electrons. The fourth-order valence-corrected chi connectivity index (χ4v) is 1.78. The number of amides is 1. The van der Waals surface area contributed by atoms with E-state index in [1.165, 1.54) is 13.0 Å². The van der Waals surface area contributed by atoms with Crippen LogP contribution in [0.4, 0.5) is 4.39 Å². The number of hydrogen-bond acceptors (Lipinski definition) is 4. The number of nitrogens with one attached hydrogen (secondary N) is 1. The number of rotatable bonds is 5. The van der Waals surface area contributed by atoms with E-state index < -0.39 is 18.0 Å². The van der Waals surface area contributed by atoms with Gasteiger partial charge in [0.1, 0.15) is 18.0 Å². The lowest BCUT2D eigenvalue weighted by Gasteiger charge is -2.21. The summed E-state index contributed by atoms with van der Waals surface area (Å²) in [5.41, 5.74) is 0.236. The topological polar surface area (TPSA) is 86.6 Å². The molecule has 0 saturated heterocycles. The average molecular weight is 269 g/mol. The quantitative estimate of drug-likeness (QED) is 0.678. The number of aldehydes is 1. The summed E-state index contributed by atoms with van der Waals surface area (Å²) in [7, 11) is 0. The molecule has 1 amide bonds. The molecule has 1 rings (SSSR count). The fourth-order valence-electron chi connectivity index (χ4n) is 1.78. The van der Waals surface area contributed by atoms with Gasteiger partial charge in [0.2, 0.25) is 5.91 Å². The van der Waals surface area contributed by atoms with Crippen molar-refractivity contribution in [2.75, 3.05) is 6.54 Å². The van der Waals surface area contributed by atoms with Crippen LogP contribution < -0.4 is 5.32 Å². The standard InChI is InChI=1S/C13H16FNO4/c1-7-3-4-10(14)9(6-16)12(7)13(19)11(18)5-15-8(2)17/h3-4,6,11,13,18-19H,5H2,1-2H3,(H,15,17). The number of carbonyl (C=O) groups is 2. The summed E-state index contributed by atoms with van der Waals surface area (Å²) >= 11 is 0. The van der Waals surface area contributed by atoms with Gasteiger partial charge in [-0.05, 0) is 24.1 Å². The molecular weight excluding hydrogens is 253 g/mol. The van der Waals surface area contributed by atoms with Gasteiger partial charge in [0.25, 0.3) is 0 Å². The Morgan fingerprint density at radius 2 is 2.11 bits per heavy atom. The van der Waals surface area contributed by atoms with E-state index in [9.17, 15) is 24.2 Å². The minimum absolute atomic E-state index is 0.0350. The zero-order valence-corrected chi connectivity index (χ0v) is 10.7. The highest BCUT2D eigenvalue weighted by Gasteiger charge is 2.24. The molecule has 0 fully saturated rings. The second-order valence-corrected chi connectivity index (χ2v) is 4.26. The van der Waals surface area contributed by atoms with E-state index in [4.69, 9.17) is 0 Å². The second-order valence-electron chi connectivity index (χ2n) is 4.26. The van der Waals surface area contributed by atoms with E-state index in [-0.39, 0.29) is 23.6 Å². The molecule has 0 bridgehead atoms. The minimum atomic E-state index is -1.46. The molecule has 2 unspecified atom stereocenters. The molecule has 0 aliphatic carbocycles. The van der Waals surface area contributed by atoms with Crippen molar-refractivity contribution in [3.8, 4) is 0 Å². The Labute approximate surface area is 110 Å². The van der Waals surface area contributed by atoms with Gasteiger partial charge in [0.15, 0.2) is 6.29 Å². The van der Waals surface area contributed by atoms with Crippen molar-refractivity contribution >= 4 is 12.2 Å². The Hall–Kier alpha value is -1.79. The molecule has 1 aromatic rings. The molecule has 0 spiro atoms. The van der Waals surface area contributed by atoms with Crippen LogP contribution in [0.15, 0.2) is 12.1 Å². The zero-order valence-electron chi connectivity index (χ0n) is 10.7. The highest BCUT2D eigenvalue weighted by atomic mass is 19.1. The Morgan fingerprint density at radius 3 is 2.63 bits per heavy atom. The molecule has 6 heteroatoms. The van der Waals surface area contributed by atoms with E-state index in [0.717, 1.165) is 6.07 Å². The monoisotopic (exact) mass is 269 g/mol. The molecule has 0 heterocycles. The second kappa shape index (κ2) is 6.40. The van der Waals surface area contributed by atoms with Crippen LogP contribution in [0.25, 0.3) is 0 Å². The molecule has 5 nitrogen and oxygen atoms in total. The maximum Gasteiger partial charge on any atom is 0.216 e. The van der Waals surface area contributed by atoms with Crippen LogP contribution in [0.5, 0.6) is 0 Å². The van der Waals surface area contributed by atoms with Gasteiger partial charge in [-0.25, -0.2) is 4.39 Å². The number of benzene rings is 1. The number of carbonyl (C=O) groups excluding carboxylic acids is 2. The van der Waals surface area contributed by atoms with Crippen molar-refractivity contribution in [2.24, 2.45) is 0 Å². The smallest absolute Gasteiger partial charge is 0.216 e. The minimum Gasteiger partial charge on any atom is -0.388 e. The average Bonchev–Trinajstić information content (AvgIpc) is 2.37. The predicted octanol–water partition coefficient (Wildman–Crippen LogP) is 0.477. The summed E-state index contributed by atoms with van der Waals surface area (Å²) < 4.78 is 13.5. The summed E-state index contributed by atoms with van der Waals surface area (Å²) in [5, 5.41) is 22.1. The van der Waals surface area contributed by atoms with Gasteiger partial charge in [-0.15, -0.1) is 0 Å². The highest BCUT2D eigenvalue weighted by molar-refractivity contribution is 5.78. The molecular formula is C13H16FNO4. The van der Waals surface area contributed by atoms with Gasteiger partial charge in [-0.1, -0.05) is 6.07 Å². The first-order chi connectivity index (χ1) is 8.88. The molecule has 1 aromatic carbocycles. The van der Waals surface area contributed by atoms with E-state index in [1.807, 2.05) is 0 Å². The number of hydrogen-bond donors (Lipinski definition) is 3. The molecule has 0 saturated carbocycles. The maximum atomic E-state index is 13.5. The first kappa shape index (κ1) is 15.3. The Kier molecular flexibility index (Phi) is 5.14. The van der Waals surface area contributed by atoms with E-state index in [2.05, 4.69) is 5.32 Å². The summed E-state index contributed by atoms with van der Waals surface area (Å²) in [6.45, 7) is 2.67. The van der Waals surface area contributed by atoms with E-state index >= 15 is 0 Å². The van der Waals surface area contributed by atoms with Gasteiger partial charge < -0.3 is 15.5 Å². The highest BCUT2D eigenvalue weighted by Crippen LogP contribution is 2.25. The van der Waals surface area contributed by atoms with Crippen molar-refractivity contribution < 1.29 is 24.2 Å². The molecule has 3 N–H and O–H groups in total. The van der Waals surface area contributed by atoms with Crippen LogP contribution in [0.3, 0.4) is 0 Å². The number of aryl methyl sites for hydroxylation is 1. The predicted molar refractivity (Wildman–Crippen MR) is 66.2 cm³/mol. The Bertz CT molecular complexity index is 490. The maximum absolute atomic E-state index is 13.5. The summed E-state index contributed by atoms with van der Waals surface area (Å²) in [6, 6.07) is 2.53. The Balaban J connectivity index is 3.04. The fraction of sp³-hybridized carbons (Fsp3) is 0.385. The first-order valence-corrected chi connectivity index (χ1v) is 5.73. The summed E-state index contributed by atoms with van der Waals surface area (Å²) in [5.74, 6) is -1.13. The van der Waals surface area contributed by atoms with Crippen LogP contribution in [-0.2, 0) is 4.79 Å². The SMILES string of the molecule is CC(=O)NCC(O)C(O)c1c(C)ccc(F)c1C=O. The normalized spacial score (nSPS) is 13.7. The number of aliphatic hydroxyl groups excluding tert-OH is 2. The third-order valence-electron chi connectivity index (χ3n) is 2.79. The Morgan fingerprint density at radius 1 is 1.47 bits per heavy atom. The van der Waals surface area contributed by atoms with Crippen molar-refractivity contribution in [1.82, 2.24) is 5.32 Å². The molecule has 104 valence electrons. The lowest BCUT2D eigenvalue weighted by atomic mass is 9.94. The molecule has 0 aliphatic heterocycles. The molecule has 2 atom stereocenters. The lowest BCUT2D eigenvalue weighted by Crippen LogP contribution is -2.34. The first-order valence-electron chi connectivity index (χ1n) is 5.73. The van der Waals surface area contributed by atoms with Gasteiger partial charge in [0, 0.05) is 13.5 Å².